The van der Waals surface area contributed by atoms with Gasteiger partial charge in [0.1, 0.15) is 12.2 Å². The SMILES string of the molecule is Cc1[nH]cnc1C(O)C(O)CO. The Morgan fingerprint density at radius 2 is 2.25 bits per heavy atom. The molecule has 2 unspecified atom stereocenters. The standard InChI is InChI=1S/C7H12N2O3/c1-4-6(9-3-8-4)7(12)5(11)2-10/h3,5,7,10-12H,2H2,1H3,(H,8,9). The lowest BCUT2D eigenvalue weighted by Gasteiger charge is -2.13. The molecule has 0 spiro atoms. The number of imidazole rings is 1. The van der Waals surface area contributed by atoms with Crippen molar-refractivity contribution in [2.24, 2.45) is 0 Å². The Labute approximate surface area is 69.7 Å². The molecule has 0 bridgehead atoms. The van der Waals surface area contributed by atoms with E-state index >= 15 is 0 Å². The normalized spacial score (nSPS) is 16.0. The number of nitrogens with one attached hydrogen (secondary N) is 1. The highest BCUT2D eigenvalue weighted by atomic mass is 16.4. The quantitative estimate of drug-likeness (QED) is 0.476. The zero-order valence-corrected chi connectivity index (χ0v) is 6.73. The third-order valence-corrected chi connectivity index (χ3v) is 1.70. The molecule has 0 radical (unpaired) electrons. The summed E-state index contributed by atoms with van der Waals surface area (Å²) in [6.07, 6.45) is -0.869. The van der Waals surface area contributed by atoms with Crippen molar-refractivity contribution in [1.29, 1.82) is 0 Å². The van der Waals surface area contributed by atoms with E-state index in [0.717, 1.165) is 0 Å². The Bertz CT molecular complexity index is 249. The van der Waals surface area contributed by atoms with E-state index in [9.17, 15) is 5.11 Å². The van der Waals surface area contributed by atoms with Crippen LogP contribution < -0.4 is 0 Å². The Kier molecular flexibility index (Phi) is 2.80. The summed E-state index contributed by atoms with van der Waals surface area (Å²) >= 11 is 0. The average molecular weight is 172 g/mol. The number of aromatic amines is 1. The summed E-state index contributed by atoms with van der Waals surface area (Å²) in [7, 11) is 0. The molecule has 4 N–H and O–H groups in total. The number of nitrogens with zero attached hydrogens (tertiary/aromatic N) is 1. The van der Waals surface area contributed by atoms with Crippen molar-refractivity contribution in [2.75, 3.05) is 6.61 Å². The van der Waals surface area contributed by atoms with Gasteiger partial charge in [0.2, 0.25) is 0 Å². The largest absolute Gasteiger partial charge is 0.394 e. The Hall–Kier alpha value is -0.910. The van der Waals surface area contributed by atoms with Gasteiger partial charge in [-0.25, -0.2) is 4.98 Å². The van der Waals surface area contributed by atoms with Crippen LogP contribution in [0, 0.1) is 6.92 Å². The van der Waals surface area contributed by atoms with Crippen LogP contribution in [-0.4, -0.2) is 38.0 Å². The van der Waals surface area contributed by atoms with Crippen molar-refractivity contribution in [1.82, 2.24) is 9.97 Å². The van der Waals surface area contributed by atoms with Gasteiger partial charge >= 0.3 is 0 Å². The average Bonchev–Trinajstić information content (AvgIpc) is 2.48. The van der Waals surface area contributed by atoms with Crippen LogP contribution in [0.2, 0.25) is 0 Å². The summed E-state index contributed by atoms with van der Waals surface area (Å²) in [6, 6.07) is 0. The van der Waals surface area contributed by atoms with Gasteiger partial charge in [-0.15, -0.1) is 0 Å². The van der Waals surface area contributed by atoms with Crippen LogP contribution >= 0.6 is 0 Å². The molecule has 2 atom stereocenters. The lowest BCUT2D eigenvalue weighted by Crippen LogP contribution is -2.22. The predicted octanol–water partition coefficient (Wildman–Crippen LogP) is -0.895. The maximum Gasteiger partial charge on any atom is 0.126 e. The molecule has 0 saturated heterocycles. The lowest BCUT2D eigenvalue weighted by molar-refractivity contribution is -0.0174. The van der Waals surface area contributed by atoms with Crippen molar-refractivity contribution >= 4 is 0 Å². The molecule has 1 heterocycles. The fourth-order valence-electron chi connectivity index (χ4n) is 0.950. The number of hydrogen-bond donors (Lipinski definition) is 4. The zero-order chi connectivity index (χ0) is 9.14. The first-order valence-corrected chi connectivity index (χ1v) is 3.63. The number of hydrogen-bond acceptors (Lipinski definition) is 4. The molecule has 0 fully saturated rings. The number of rotatable bonds is 3. The summed E-state index contributed by atoms with van der Waals surface area (Å²) in [4.78, 5) is 6.57. The molecule has 12 heavy (non-hydrogen) atoms. The lowest BCUT2D eigenvalue weighted by atomic mass is 10.1. The molecule has 1 aromatic rings. The highest BCUT2D eigenvalue weighted by Crippen LogP contribution is 2.16. The highest BCUT2D eigenvalue weighted by molar-refractivity contribution is 5.12. The summed E-state index contributed by atoms with van der Waals surface area (Å²) < 4.78 is 0. The minimum atomic E-state index is -1.17. The van der Waals surface area contributed by atoms with Crippen LogP contribution in [0.4, 0.5) is 0 Å². The van der Waals surface area contributed by atoms with Gasteiger partial charge < -0.3 is 20.3 Å². The van der Waals surface area contributed by atoms with E-state index in [0.29, 0.717) is 11.4 Å². The monoisotopic (exact) mass is 172 g/mol. The van der Waals surface area contributed by atoms with Crippen molar-refractivity contribution in [3.05, 3.63) is 17.7 Å². The van der Waals surface area contributed by atoms with Crippen molar-refractivity contribution in [2.45, 2.75) is 19.1 Å². The molecule has 0 aromatic carbocycles. The molecule has 5 heteroatoms. The number of aliphatic hydroxyl groups is 3. The molecular weight excluding hydrogens is 160 g/mol. The summed E-state index contributed by atoms with van der Waals surface area (Å²) in [6.45, 7) is 1.25. The van der Waals surface area contributed by atoms with Crippen LogP contribution in [0.25, 0.3) is 0 Å². The Morgan fingerprint density at radius 1 is 1.58 bits per heavy atom. The molecule has 68 valence electrons. The topological polar surface area (TPSA) is 89.4 Å². The molecule has 0 aliphatic rings. The maximum absolute atomic E-state index is 9.37. The molecule has 0 aliphatic carbocycles. The molecular formula is C7H12N2O3. The van der Waals surface area contributed by atoms with E-state index in [4.69, 9.17) is 10.2 Å². The van der Waals surface area contributed by atoms with Crippen LogP contribution in [-0.2, 0) is 0 Å². The third-order valence-electron chi connectivity index (χ3n) is 1.70. The summed E-state index contributed by atoms with van der Waals surface area (Å²) in [5.74, 6) is 0. The van der Waals surface area contributed by atoms with E-state index in [1.54, 1.807) is 6.92 Å². The molecule has 0 aliphatic heterocycles. The molecule has 1 rings (SSSR count). The number of aliphatic hydroxyl groups excluding tert-OH is 3. The van der Waals surface area contributed by atoms with E-state index < -0.39 is 18.8 Å². The molecule has 5 nitrogen and oxygen atoms in total. The highest BCUT2D eigenvalue weighted by Gasteiger charge is 2.20. The second-order valence-corrected chi connectivity index (χ2v) is 2.61. The number of aromatic nitrogens is 2. The van der Waals surface area contributed by atoms with E-state index in [1.807, 2.05) is 0 Å². The second-order valence-electron chi connectivity index (χ2n) is 2.61. The minimum absolute atomic E-state index is 0.372. The van der Waals surface area contributed by atoms with Gasteiger partial charge in [-0.2, -0.15) is 0 Å². The second kappa shape index (κ2) is 3.66. The first kappa shape index (κ1) is 9.18. The van der Waals surface area contributed by atoms with Gasteiger partial charge in [-0.3, -0.25) is 0 Å². The fourth-order valence-corrected chi connectivity index (χ4v) is 0.950. The van der Waals surface area contributed by atoms with Crippen LogP contribution in [0.5, 0.6) is 0 Å². The summed E-state index contributed by atoms with van der Waals surface area (Å²) in [5.41, 5.74) is 1.06. The van der Waals surface area contributed by atoms with E-state index in [2.05, 4.69) is 9.97 Å². The maximum atomic E-state index is 9.37. The Morgan fingerprint density at radius 3 is 2.67 bits per heavy atom. The van der Waals surface area contributed by atoms with Crippen LogP contribution in [0.1, 0.15) is 17.5 Å². The molecule has 1 aromatic heterocycles. The van der Waals surface area contributed by atoms with E-state index in [-0.39, 0.29) is 0 Å². The van der Waals surface area contributed by atoms with E-state index in [1.165, 1.54) is 6.33 Å². The van der Waals surface area contributed by atoms with Crippen LogP contribution in [0.15, 0.2) is 6.33 Å². The van der Waals surface area contributed by atoms with Gasteiger partial charge in [-0.1, -0.05) is 0 Å². The minimum Gasteiger partial charge on any atom is -0.394 e. The number of aryl methyl sites for hydroxylation is 1. The predicted molar refractivity (Wildman–Crippen MR) is 41.4 cm³/mol. The van der Waals surface area contributed by atoms with Gasteiger partial charge in [0, 0.05) is 5.69 Å². The van der Waals surface area contributed by atoms with Gasteiger partial charge in [0.25, 0.3) is 0 Å². The van der Waals surface area contributed by atoms with Crippen molar-refractivity contribution in [3.63, 3.8) is 0 Å². The third kappa shape index (κ3) is 1.63. The van der Waals surface area contributed by atoms with Gasteiger partial charge in [-0.05, 0) is 6.92 Å². The van der Waals surface area contributed by atoms with Crippen molar-refractivity contribution in [3.8, 4) is 0 Å². The van der Waals surface area contributed by atoms with Gasteiger partial charge in [0.15, 0.2) is 0 Å². The molecule has 0 amide bonds. The fraction of sp³-hybridized carbons (Fsp3) is 0.571. The number of H-pyrrole nitrogens is 1. The molecule has 0 saturated carbocycles. The van der Waals surface area contributed by atoms with Crippen molar-refractivity contribution < 1.29 is 15.3 Å². The van der Waals surface area contributed by atoms with Crippen LogP contribution in [0.3, 0.4) is 0 Å². The first-order valence-electron chi connectivity index (χ1n) is 3.63. The zero-order valence-electron chi connectivity index (χ0n) is 6.73. The summed E-state index contributed by atoms with van der Waals surface area (Å²) in [5, 5.41) is 27.0. The smallest absolute Gasteiger partial charge is 0.126 e. The van der Waals surface area contributed by atoms with Gasteiger partial charge in [0.05, 0.1) is 18.6 Å². The first-order chi connectivity index (χ1) is 5.66. The Balaban J connectivity index is 2.77.